The standard InChI is InChI=1S/C16H16N2O5.Na.H/c17-14(16(20)21)9-10-1-5-12(6-2-10)23-13-7-3-11(4-8-13)15(19)18-22;;/h1-8,14,22H,9,17H2,(H,18,19)(H,20,21);;. The third-order valence-corrected chi connectivity index (χ3v) is 3.15. The Bertz CT molecular complexity index is 689. The van der Waals surface area contributed by atoms with Gasteiger partial charge in [-0.3, -0.25) is 14.8 Å². The molecular formula is C16H17N2NaO5. The number of nitrogens with two attached hydrogens (primary N) is 1. The van der Waals surface area contributed by atoms with E-state index in [4.69, 9.17) is 20.8 Å². The van der Waals surface area contributed by atoms with Crippen molar-refractivity contribution in [1.29, 1.82) is 0 Å². The van der Waals surface area contributed by atoms with Crippen LogP contribution in [0, 0.1) is 0 Å². The Labute approximate surface area is 160 Å². The number of carboxylic acid groups (broad SMARTS) is 1. The quantitative estimate of drug-likeness (QED) is 0.352. The average Bonchev–Trinajstić information content (AvgIpc) is 2.56. The van der Waals surface area contributed by atoms with Crippen molar-refractivity contribution in [3.63, 3.8) is 0 Å². The molecule has 1 amide bonds. The molecule has 8 heteroatoms. The fraction of sp³-hybridized carbons (Fsp3) is 0.125. The first-order valence-electron chi connectivity index (χ1n) is 6.79. The third kappa shape index (κ3) is 5.63. The molecule has 0 aliphatic heterocycles. The Balaban J connectivity index is 0.00000288. The second-order valence-electron chi connectivity index (χ2n) is 4.86. The average molecular weight is 340 g/mol. The van der Waals surface area contributed by atoms with E-state index >= 15 is 0 Å². The van der Waals surface area contributed by atoms with E-state index in [2.05, 4.69) is 0 Å². The van der Waals surface area contributed by atoms with Gasteiger partial charge in [-0.2, -0.15) is 0 Å². The summed E-state index contributed by atoms with van der Waals surface area (Å²) in [6.45, 7) is 0. The molecule has 0 heterocycles. The summed E-state index contributed by atoms with van der Waals surface area (Å²) in [5.74, 6) is -0.556. The molecule has 0 radical (unpaired) electrons. The van der Waals surface area contributed by atoms with E-state index in [1.54, 1.807) is 41.9 Å². The Morgan fingerprint density at radius 1 is 1.04 bits per heavy atom. The number of hydroxylamine groups is 1. The van der Waals surface area contributed by atoms with Crippen molar-refractivity contribution in [2.45, 2.75) is 12.5 Å². The van der Waals surface area contributed by atoms with Gasteiger partial charge in [0.05, 0.1) is 0 Å². The van der Waals surface area contributed by atoms with E-state index in [-0.39, 0.29) is 36.0 Å². The summed E-state index contributed by atoms with van der Waals surface area (Å²) in [4.78, 5) is 21.9. The van der Waals surface area contributed by atoms with Crippen LogP contribution in [-0.2, 0) is 11.2 Å². The molecule has 0 aliphatic carbocycles. The summed E-state index contributed by atoms with van der Waals surface area (Å²) >= 11 is 0. The van der Waals surface area contributed by atoms with Gasteiger partial charge in [0, 0.05) is 5.56 Å². The molecule has 24 heavy (non-hydrogen) atoms. The Kier molecular flexibility index (Phi) is 7.90. The van der Waals surface area contributed by atoms with E-state index in [9.17, 15) is 9.59 Å². The summed E-state index contributed by atoms with van der Waals surface area (Å²) in [7, 11) is 0. The molecule has 0 spiro atoms. The number of hydrogen-bond acceptors (Lipinski definition) is 5. The van der Waals surface area contributed by atoms with Crippen molar-refractivity contribution >= 4 is 41.4 Å². The Hall–Kier alpha value is -1.90. The van der Waals surface area contributed by atoms with Crippen molar-refractivity contribution < 1.29 is 24.6 Å². The predicted molar refractivity (Wildman–Crippen MR) is 88.7 cm³/mol. The Morgan fingerprint density at radius 3 is 2.00 bits per heavy atom. The third-order valence-electron chi connectivity index (χ3n) is 3.15. The van der Waals surface area contributed by atoms with E-state index in [1.165, 1.54) is 12.1 Å². The van der Waals surface area contributed by atoms with Gasteiger partial charge in [0.2, 0.25) is 0 Å². The van der Waals surface area contributed by atoms with Crippen molar-refractivity contribution in [1.82, 2.24) is 5.48 Å². The minimum absolute atomic E-state index is 0. The molecule has 5 N–H and O–H groups in total. The zero-order valence-electron chi connectivity index (χ0n) is 12.1. The van der Waals surface area contributed by atoms with Gasteiger partial charge in [0.1, 0.15) is 17.5 Å². The SMILES string of the molecule is NC(Cc1ccc(Oc2ccc(C(=O)NO)cc2)cc1)C(=O)O.[NaH]. The van der Waals surface area contributed by atoms with Gasteiger partial charge in [-0.1, -0.05) is 12.1 Å². The van der Waals surface area contributed by atoms with E-state index in [1.807, 2.05) is 0 Å². The van der Waals surface area contributed by atoms with Gasteiger partial charge in [-0.15, -0.1) is 0 Å². The number of carbonyl (C=O) groups is 2. The van der Waals surface area contributed by atoms with Gasteiger partial charge in [0.15, 0.2) is 0 Å². The van der Waals surface area contributed by atoms with E-state index in [0.29, 0.717) is 17.1 Å². The number of rotatable bonds is 6. The van der Waals surface area contributed by atoms with Crippen LogP contribution in [0.4, 0.5) is 0 Å². The van der Waals surface area contributed by atoms with Crippen LogP contribution in [0.1, 0.15) is 15.9 Å². The minimum atomic E-state index is -1.04. The maximum absolute atomic E-state index is 11.2. The van der Waals surface area contributed by atoms with Gasteiger partial charge in [-0.25, -0.2) is 5.48 Å². The van der Waals surface area contributed by atoms with Gasteiger partial charge >= 0.3 is 35.5 Å². The van der Waals surface area contributed by atoms with Crippen molar-refractivity contribution in [3.05, 3.63) is 59.7 Å². The number of amides is 1. The number of benzene rings is 2. The zero-order chi connectivity index (χ0) is 16.8. The molecule has 1 atom stereocenters. The molecule has 0 aromatic heterocycles. The van der Waals surface area contributed by atoms with Gasteiger partial charge in [-0.05, 0) is 48.4 Å². The first-order valence-corrected chi connectivity index (χ1v) is 6.79. The molecule has 0 aliphatic rings. The first kappa shape index (κ1) is 20.1. The molecule has 7 nitrogen and oxygen atoms in total. The fourth-order valence-corrected chi connectivity index (χ4v) is 1.91. The molecule has 0 saturated carbocycles. The number of aliphatic carboxylic acids is 1. The Morgan fingerprint density at radius 2 is 1.54 bits per heavy atom. The van der Waals surface area contributed by atoms with Gasteiger partial charge < -0.3 is 15.6 Å². The zero-order valence-corrected chi connectivity index (χ0v) is 12.1. The van der Waals surface area contributed by atoms with Crippen molar-refractivity contribution in [2.75, 3.05) is 0 Å². The molecule has 2 rings (SSSR count). The summed E-state index contributed by atoms with van der Waals surface area (Å²) in [5, 5.41) is 17.3. The van der Waals surface area contributed by atoms with Crippen LogP contribution >= 0.6 is 0 Å². The molecule has 2 aromatic rings. The molecule has 0 fully saturated rings. The molecular weight excluding hydrogens is 323 g/mol. The predicted octanol–water partition coefficient (Wildman–Crippen LogP) is 0.904. The normalized spacial score (nSPS) is 11.1. The second kappa shape index (κ2) is 9.41. The molecule has 0 bridgehead atoms. The number of nitrogens with one attached hydrogen (secondary N) is 1. The molecule has 0 saturated heterocycles. The maximum atomic E-state index is 11.2. The van der Waals surface area contributed by atoms with Gasteiger partial charge in [0.25, 0.3) is 5.91 Å². The first-order chi connectivity index (χ1) is 11.0. The van der Waals surface area contributed by atoms with Crippen LogP contribution in [0.5, 0.6) is 11.5 Å². The summed E-state index contributed by atoms with van der Waals surface area (Å²) in [6.07, 6.45) is 0.237. The fourth-order valence-electron chi connectivity index (χ4n) is 1.91. The molecule has 122 valence electrons. The summed E-state index contributed by atoms with van der Waals surface area (Å²) in [6, 6.07) is 12.2. The van der Waals surface area contributed by atoms with Crippen molar-refractivity contribution in [3.8, 4) is 11.5 Å². The van der Waals surface area contributed by atoms with Crippen LogP contribution in [0.3, 0.4) is 0 Å². The van der Waals surface area contributed by atoms with Crippen LogP contribution in [0.25, 0.3) is 0 Å². The second-order valence-corrected chi connectivity index (χ2v) is 4.86. The van der Waals surface area contributed by atoms with Crippen molar-refractivity contribution in [2.24, 2.45) is 5.73 Å². The number of ether oxygens (including phenoxy) is 1. The van der Waals surface area contributed by atoms with Crippen LogP contribution in [-0.4, -0.2) is 57.8 Å². The van der Waals surface area contributed by atoms with Crippen LogP contribution in [0.2, 0.25) is 0 Å². The van der Waals surface area contributed by atoms with Crippen LogP contribution in [0.15, 0.2) is 48.5 Å². The molecule has 2 aromatic carbocycles. The number of carbonyl (C=O) groups excluding carboxylic acids is 1. The monoisotopic (exact) mass is 340 g/mol. The number of hydrogen-bond donors (Lipinski definition) is 4. The van der Waals surface area contributed by atoms with Crippen LogP contribution < -0.4 is 16.0 Å². The molecule has 1 unspecified atom stereocenters. The van der Waals surface area contributed by atoms with E-state index < -0.39 is 17.9 Å². The summed E-state index contributed by atoms with van der Waals surface area (Å²) < 4.78 is 5.61. The number of carboxylic acids is 1. The van der Waals surface area contributed by atoms with E-state index in [0.717, 1.165) is 5.56 Å². The summed E-state index contributed by atoms with van der Waals surface area (Å²) in [5.41, 5.74) is 8.12. The topological polar surface area (TPSA) is 122 Å².